The molecule has 0 aliphatic rings. The van der Waals surface area contributed by atoms with Crippen LogP contribution in [0.15, 0.2) is 60.8 Å². The second kappa shape index (κ2) is 7.47. The van der Waals surface area contributed by atoms with Gasteiger partial charge in [0.1, 0.15) is 12.4 Å². The molecule has 0 amide bonds. The Morgan fingerprint density at radius 2 is 1.78 bits per heavy atom. The van der Waals surface area contributed by atoms with Crippen LogP contribution >= 0.6 is 0 Å². The lowest BCUT2D eigenvalue weighted by Gasteiger charge is -2.11. The number of anilines is 2. The first-order valence-electron chi connectivity index (χ1n) is 8.65. The van der Waals surface area contributed by atoms with Gasteiger partial charge in [-0.25, -0.2) is 15.0 Å². The van der Waals surface area contributed by atoms with Crippen molar-refractivity contribution in [2.24, 2.45) is 0 Å². The highest BCUT2D eigenvalue weighted by molar-refractivity contribution is 5.89. The topological polar surface area (TPSA) is 72.8 Å². The number of nitrogens with one attached hydrogen (secondary N) is 1. The van der Waals surface area contributed by atoms with Crippen LogP contribution in [0, 0.1) is 6.92 Å². The number of aromatic nitrogens is 4. The number of hydrogen-bond acceptors (Lipinski definition) is 6. The van der Waals surface area contributed by atoms with E-state index in [0.717, 1.165) is 28.0 Å². The molecule has 6 nitrogen and oxygen atoms in total. The Kier molecular flexibility index (Phi) is 4.72. The Labute approximate surface area is 157 Å². The van der Waals surface area contributed by atoms with Crippen LogP contribution in [-0.2, 0) is 11.3 Å². The molecular weight excluding hydrogens is 338 g/mol. The summed E-state index contributed by atoms with van der Waals surface area (Å²) >= 11 is 0. The van der Waals surface area contributed by atoms with Gasteiger partial charge in [0, 0.05) is 19.0 Å². The number of rotatable bonds is 5. The Bertz CT molecular complexity index is 1080. The fraction of sp³-hybridized carbons (Fsp3) is 0.143. The van der Waals surface area contributed by atoms with Crippen molar-refractivity contribution in [2.75, 3.05) is 12.4 Å². The molecule has 3 aromatic heterocycles. The van der Waals surface area contributed by atoms with Gasteiger partial charge in [0.25, 0.3) is 0 Å². The summed E-state index contributed by atoms with van der Waals surface area (Å²) in [6, 6.07) is 17.8. The molecule has 0 bridgehead atoms. The van der Waals surface area contributed by atoms with Crippen LogP contribution in [0.1, 0.15) is 11.4 Å². The quantitative estimate of drug-likeness (QED) is 0.574. The molecule has 1 aromatic carbocycles. The van der Waals surface area contributed by atoms with Gasteiger partial charge < -0.3 is 10.1 Å². The van der Waals surface area contributed by atoms with Crippen molar-refractivity contribution in [3.05, 3.63) is 72.2 Å². The van der Waals surface area contributed by atoms with E-state index in [2.05, 4.69) is 20.3 Å². The summed E-state index contributed by atoms with van der Waals surface area (Å²) in [6.07, 6.45) is 1.77. The summed E-state index contributed by atoms with van der Waals surface area (Å²) in [5.74, 6) is 1.28. The van der Waals surface area contributed by atoms with Gasteiger partial charge in [-0.3, -0.25) is 4.98 Å². The molecule has 3 heterocycles. The molecule has 0 aliphatic carbocycles. The molecule has 0 aliphatic heterocycles. The third-order valence-corrected chi connectivity index (χ3v) is 4.17. The summed E-state index contributed by atoms with van der Waals surface area (Å²) in [5.41, 5.74) is 4.26. The van der Waals surface area contributed by atoms with E-state index in [0.29, 0.717) is 23.9 Å². The summed E-state index contributed by atoms with van der Waals surface area (Å²) < 4.78 is 5.22. The molecule has 134 valence electrons. The molecule has 0 spiro atoms. The summed E-state index contributed by atoms with van der Waals surface area (Å²) in [4.78, 5) is 18.4. The number of nitrogens with zero attached hydrogens (tertiary/aromatic N) is 4. The van der Waals surface area contributed by atoms with E-state index < -0.39 is 0 Å². The standard InChI is InChI=1S/C21H19N5O/c1-14-7-6-12-22-19(14)17-11-10-16-20(23-15-8-4-3-5-9-15)25-18(13-27-2)26-21(16)24-17/h3-12H,13H2,1-2H3,(H,23,24,25,26). The van der Waals surface area contributed by atoms with Crippen molar-refractivity contribution in [1.29, 1.82) is 0 Å². The van der Waals surface area contributed by atoms with Crippen LogP contribution in [0.3, 0.4) is 0 Å². The van der Waals surface area contributed by atoms with Crippen LogP contribution in [-0.4, -0.2) is 27.0 Å². The van der Waals surface area contributed by atoms with E-state index in [4.69, 9.17) is 9.72 Å². The maximum Gasteiger partial charge on any atom is 0.165 e. The number of benzene rings is 1. The Morgan fingerprint density at radius 1 is 0.926 bits per heavy atom. The largest absolute Gasteiger partial charge is 0.377 e. The van der Waals surface area contributed by atoms with Gasteiger partial charge in [0.05, 0.1) is 16.8 Å². The van der Waals surface area contributed by atoms with Gasteiger partial charge in [0.2, 0.25) is 0 Å². The third-order valence-electron chi connectivity index (χ3n) is 4.17. The van der Waals surface area contributed by atoms with Gasteiger partial charge in [-0.05, 0) is 42.8 Å². The molecule has 0 saturated carbocycles. The molecular formula is C21H19N5O. The van der Waals surface area contributed by atoms with Crippen molar-refractivity contribution in [2.45, 2.75) is 13.5 Å². The Morgan fingerprint density at radius 3 is 2.56 bits per heavy atom. The monoisotopic (exact) mass is 357 g/mol. The number of pyridine rings is 2. The molecule has 6 heteroatoms. The summed E-state index contributed by atoms with van der Waals surface area (Å²) in [5, 5.41) is 4.20. The number of methoxy groups -OCH3 is 1. The molecule has 0 atom stereocenters. The summed E-state index contributed by atoms with van der Waals surface area (Å²) in [6.45, 7) is 2.33. The Balaban J connectivity index is 1.84. The molecule has 0 radical (unpaired) electrons. The first kappa shape index (κ1) is 17.1. The lowest BCUT2D eigenvalue weighted by atomic mass is 10.1. The lowest BCUT2D eigenvalue weighted by Crippen LogP contribution is -2.04. The fourth-order valence-electron chi connectivity index (χ4n) is 2.89. The van der Waals surface area contributed by atoms with E-state index in [1.165, 1.54) is 0 Å². The molecule has 4 rings (SSSR count). The van der Waals surface area contributed by atoms with Crippen molar-refractivity contribution >= 4 is 22.5 Å². The minimum Gasteiger partial charge on any atom is -0.377 e. The van der Waals surface area contributed by atoms with Crippen LogP contribution in [0.5, 0.6) is 0 Å². The molecule has 1 N–H and O–H groups in total. The highest BCUT2D eigenvalue weighted by Gasteiger charge is 2.12. The summed E-state index contributed by atoms with van der Waals surface area (Å²) in [7, 11) is 1.62. The predicted molar refractivity (Wildman–Crippen MR) is 106 cm³/mol. The molecule has 0 saturated heterocycles. The second-order valence-electron chi connectivity index (χ2n) is 6.15. The van der Waals surface area contributed by atoms with Crippen molar-refractivity contribution in [3.8, 4) is 11.4 Å². The van der Waals surface area contributed by atoms with E-state index in [1.807, 2.05) is 61.5 Å². The van der Waals surface area contributed by atoms with Gasteiger partial charge >= 0.3 is 0 Å². The van der Waals surface area contributed by atoms with Crippen LogP contribution in [0.2, 0.25) is 0 Å². The van der Waals surface area contributed by atoms with Crippen LogP contribution in [0.25, 0.3) is 22.4 Å². The van der Waals surface area contributed by atoms with Crippen molar-refractivity contribution < 1.29 is 4.74 Å². The molecule has 4 aromatic rings. The van der Waals surface area contributed by atoms with E-state index in [9.17, 15) is 0 Å². The Hall–Kier alpha value is -3.38. The number of hydrogen-bond donors (Lipinski definition) is 1. The van der Waals surface area contributed by atoms with Gasteiger partial charge in [-0.15, -0.1) is 0 Å². The second-order valence-corrected chi connectivity index (χ2v) is 6.15. The number of para-hydroxylation sites is 1. The first-order valence-corrected chi connectivity index (χ1v) is 8.65. The average Bonchev–Trinajstić information content (AvgIpc) is 2.69. The normalized spacial score (nSPS) is 10.9. The highest BCUT2D eigenvalue weighted by Crippen LogP contribution is 2.26. The lowest BCUT2D eigenvalue weighted by molar-refractivity contribution is 0.178. The smallest absolute Gasteiger partial charge is 0.165 e. The van der Waals surface area contributed by atoms with Gasteiger partial charge in [0.15, 0.2) is 11.5 Å². The predicted octanol–water partition coefficient (Wildman–Crippen LogP) is 4.29. The highest BCUT2D eigenvalue weighted by atomic mass is 16.5. The zero-order chi connectivity index (χ0) is 18.6. The number of ether oxygens (including phenoxy) is 1. The zero-order valence-corrected chi connectivity index (χ0v) is 15.2. The van der Waals surface area contributed by atoms with Crippen molar-refractivity contribution in [3.63, 3.8) is 0 Å². The van der Waals surface area contributed by atoms with E-state index in [-0.39, 0.29) is 0 Å². The van der Waals surface area contributed by atoms with Gasteiger partial charge in [-0.2, -0.15) is 0 Å². The minimum absolute atomic E-state index is 0.313. The molecule has 0 fully saturated rings. The third kappa shape index (κ3) is 3.61. The fourth-order valence-corrected chi connectivity index (χ4v) is 2.89. The minimum atomic E-state index is 0.313. The number of aryl methyl sites for hydroxylation is 1. The van der Waals surface area contributed by atoms with E-state index in [1.54, 1.807) is 13.3 Å². The molecule has 27 heavy (non-hydrogen) atoms. The van der Waals surface area contributed by atoms with Crippen LogP contribution in [0.4, 0.5) is 11.5 Å². The maximum absolute atomic E-state index is 5.22. The van der Waals surface area contributed by atoms with Crippen LogP contribution < -0.4 is 5.32 Å². The SMILES string of the molecule is COCc1nc(Nc2ccccc2)c2ccc(-c3ncccc3C)nc2n1. The van der Waals surface area contributed by atoms with Crippen molar-refractivity contribution in [1.82, 2.24) is 19.9 Å². The average molecular weight is 357 g/mol. The molecule has 0 unspecified atom stereocenters. The first-order chi connectivity index (χ1) is 13.2. The maximum atomic E-state index is 5.22. The zero-order valence-electron chi connectivity index (χ0n) is 15.2. The number of fused-ring (bicyclic) bond motifs is 1. The van der Waals surface area contributed by atoms with Gasteiger partial charge in [-0.1, -0.05) is 24.3 Å². The van der Waals surface area contributed by atoms with E-state index >= 15 is 0 Å².